The molecule has 0 aliphatic carbocycles. The molecule has 1 rings (SSSR count). The predicted molar refractivity (Wildman–Crippen MR) is 93.9 cm³/mol. The summed E-state index contributed by atoms with van der Waals surface area (Å²) in [6, 6.07) is 6.30. The number of carbonyl (C=O) groups excluding carboxylic acids is 1. The average molecular weight is 423 g/mol. The lowest BCUT2D eigenvalue weighted by molar-refractivity contribution is 0.0938. The summed E-state index contributed by atoms with van der Waals surface area (Å²) in [4.78, 5) is 12.4. The van der Waals surface area contributed by atoms with Crippen molar-refractivity contribution >= 4 is 59.9 Å². The molecule has 0 fully saturated rings. The Morgan fingerprint density at radius 1 is 1.22 bits per heavy atom. The van der Waals surface area contributed by atoms with E-state index in [4.69, 9.17) is 55.5 Å². The highest BCUT2D eigenvalue weighted by Crippen LogP contribution is 2.58. The first-order chi connectivity index (χ1) is 10.7. The van der Waals surface area contributed by atoms with Gasteiger partial charge in [-0.15, -0.1) is 0 Å². The SMILES string of the molecule is CCOP(=O)(OCC)C(NC(=O)c1ccccc1Cl)C(Cl)(Cl)Cl. The van der Waals surface area contributed by atoms with Gasteiger partial charge in [-0.3, -0.25) is 9.36 Å². The van der Waals surface area contributed by atoms with E-state index in [1.54, 1.807) is 26.0 Å². The van der Waals surface area contributed by atoms with Crippen LogP contribution in [-0.2, 0) is 13.6 Å². The second-order valence-corrected chi connectivity index (χ2v) is 9.16. The maximum atomic E-state index is 12.9. The second-order valence-electron chi connectivity index (χ2n) is 4.27. The zero-order valence-corrected chi connectivity index (χ0v) is 16.3. The third-order valence-electron chi connectivity index (χ3n) is 2.63. The number of hydrogen-bond acceptors (Lipinski definition) is 4. The Kier molecular flexibility index (Phi) is 8.15. The van der Waals surface area contributed by atoms with E-state index in [1.165, 1.54) is 12.1 Å². The Labute approximate surface area is 155 Å². The van der Waals surface area contributed by atoms with E-state index >= 15 is 0 Å². The number of benzene rings is 1. The van der Waals surface area contributed by atoms with Gasteiger partial charge in [0.1, 0.15) is 0 Å². The summed E-state index contributed by atoms with van der Waals surface area (Å²) >= 11 is 23.6. The maximum absolute atomic E-state index is 12.9. The molecule has 23 heavy (non-hydrogen) atoms. The lowest BCUT2D eigenvalue weighted by atomic mass is 10.2. The van der Waals surface area contributed by atoms with Crippen LogP contribution >= 0.6 is 54.0 Å². The highest BCUT2D eigenvalue weighted by molar-refractivity contribution is 7.55. The molecular formula is C13H16Cl4NO4P. The number of nitrogens with one attached hydrogen (secondary N) is 1. The van der Waals surface area contributed by atoms with Crippen LogP contribution in [0.5, 0.6) is 0 Å². The summed E-state index contributed by atoms with van der Waals surface area (Å²) in [5, 5.41) is 2.60. The van der Waals surface area contributed by atoms with E-state index in [0.717, 1.165) is 0 Å². The Morgan fingerprint density at radius 3 is 2.17 bits per heavy atom. The van der Waals surface area contributed by atoms with Crippen molar-refractivity contribution in [3.63, 3.8) is 0 Å². The van der Waals surface area contributed by atoms with Crippen molar-refractivity contribution in [3.8, 4) is 0 Å². The molecule has 1 atom stereocenters. The Morgan fingerprint density at radius 2 is 1.74 bits per heavy atom. The molecule has 0 aliphatic heterocycles. The summed E-state index contributed by atoms with van der Waals surface area (Å²) < 4.78 is 21.1. The van der Waals surface area contributed by atoms with Crippen LogP contribution < -0.4 is 5.32 Å². The summed E-state index contributed by atoms with van der Waals surface area (Å²) in [5.41, 5.74) is 0.146. The van der Waals surface area contributed by atoms with Crippen LogP contribution in [0.2, 0.25) is 5.02 Å². The van der Waals surface area contributed by atoms with Gasteiger partial charge < -0.3 is 14.4 Å². The molecular weight excluding hydrogens is 407 g/mol. The molecule has 5 nitrogen and oxygen atoms in total. The Balaban J connectivity index is 3.16. The molecule has 0 aromatic heterocycles. The van der Waals surface area contributed by atoms with Gasteiger partial charge in [0.15, 0.2) is 5.78 Å². The molecule has 0 heterocycles. The van der Waals surface area contributed by atoms with Gasteiger partial charge in [0.05, 0.1) is 23.8 Å². The smallest absolute Gasteiger partial charge is 0.334 e. The fourth-order valence-electron chi connectivity index (χ4n) is 1.73. The number of hydrogen-bond donors (Lipinski definition) is 1. The molecule has 0 aliphatic rings. The van der Waals surface area contributed by atoms with Crippen LogP contribution in [0, 0.1) is 0 Å². The molecule has 0 spiro atoms. The van der Waals surface area contributed by atoms with E-state index in [9.17, 15) is 9.36 Å². The fourth-order valence-corrected chi connectivity index (χ4v) is 4.92. The topological polar surface area (TPSA) is 64.6 Å². The molecule has 130 valence electrons. The van der Waals surface area contributed by atoms with Gasteiger partial charge in [-0.05, 0) is 26.0 Å². The minimum absolute atomic E-state index is 0.0521. The average Bonchev–Trinajstić information content (AvgIpc) is 2.44. The zero-order valence-electron chi connectivity index (χ0n) is 12.4. The van der Waals surface area contributed by atoms with Crippen molar-refractivity contribution in [2.24, 2.45) is 0 Å². The van der Waals surface area contributed by atoms with Crippen molar-refractivity contribution in [1.29, 1.82) is 0 Å². The number of amides is 1. The third-order valence-corrected chi connectivity index (χ3v) is 6.46. The molecule has 10 heteroatoms. The number of halogens is 4. The van der Waals surface area contributed by atoms with Crippen LogP contribution in [0.3, 0.4) is 0 Å². The van der Waals surface area contributed by atoms with Gasteiger partial charge in [-0.2, -0.15) is 0 Å². The van der Waals surface area contributed by atoms with E-state index < -0.39 is 23.1 Å². The summed E-state index contributed by atoms with van der Waals surface area (Å²) in [7, 11) is -3.91. The summed E-state index contributed by atoms with van der Waals surface area (Å²) in [5.74, 6) is -2.16. The molecule has 1 N–H and O–H groups in total. The molecule has 0 bridgehead atoms. The Bertz CT molecular complexity index is 584. The van der Waals surface area contributed by atoms with Crippen LogP contribution in [-0.4, -0.2) is 28.7 Å². The minimum atomic E-state index is -3.91. The summed E-state index contributed by atoms with van der Waals surface area (Å²) in [6.07, 6.45) is 0. The van der Waals surface area contributed by atoms with E-state index in [2.05, 4.69) is 5.32 Å². The van der Waals surface area contributed by atoms with Gasteiger partial charge in [-0.1, -0.05) is 58.5 Å². The van der Waals surface area contributed by atoms with Crippen molar-refractivity contribution < 1.29 is 18.4 Å². The van der Waals surface area contributed by atoms with Crippen LogP contribution in [0.4, 0.5) is 0 Å². The van der Waals surface area contributed by atoms with Crippen LogP contribution in [0.15, 0.2) is 24.3 Å². The number of alkyl halides is 3. The Hall–Kier alpha value is -0.000000000000000111. The quantitative estimate of drug-likeness (QED) is 0.494. The number of carbonyl (C=O) groups is 1. The molecule has 0 saturated carbocycles. The first kappa shape index (κ1) is 21.0. The minimum Gasteiger partial charge on any atom is -0.334 e. The first-order valence-electron chi connectivity index (χ1n) is 6.66. The standard InChI is InChI=1S/C13H16Cl4NO4P/c1-3-21-23(20,22-4-2)12(13(15,16)17)18-11(19)9-7-5-6-8-10(9)14/h5-8,12H,3-4H2,1-2H3,(H,18,19). The fraction of sp³-hybridized carbons (Fsp3) is 0.462. The normalized spacial score (nSPS) is 13.7. The number of rotatable bonds is 7. The van der Waals surface area contributed by atoms with Crippen LogP contribution in [0.1, 0.15) is 24.2 Å². The van der Waals surface area contributed by atoms with Gasteiger partial charge in [-0.25, -0.2) is 0 Å². The van der Waals surface area contributed by atoms with E-state index in [-0.39, 0.29) is 23.8 Å². The van der Waals surface area contributed by atoms with Crippen LogP contribution in [0.25, 0.3) is 0 Å². The molecule has 1 amide bonds. The highest BCUT2D eigenvalue weighted by atomic mass is 35.6. The molecule has 0 saturated heterocycles. The van der Waals surface area contributed by atoms with Gasteiger partial charge in [0, 0.05) is 0 Å². The lowest BCUT2D eigenvalue weighted by Crippen LogP contribution is -2.44. The largest absolute Gasteiger partial charge is 0.357 e. The van der Waals surface area contributed by atoms with Gasteiger partial charge in [0.2, 0.25) is 3.79 Å². The maximum Gasteiger partial charge on any atom is 0.357 e. The van der Waals surface area contributed by atoms with Crippen molar-refractivity contribution in [2.45, 2.75) is 23.4 Å². The molecule has 0 radical (unpaired) electrons. The molecule has 1 aromatic carbocycles. The van der Waals surface area contributed by atoms with Gasteiger partial charge >= 0.3 is 7.60 Å². The van der Waals surface area contributed by atoms with E-state index in [0.29, 0.717) is 0 Å². The first-order valence-corrected chi connectivity index (χ1v) is 9.79. The lowest BCUT2D eigenvalue weighted by Gasteiger charge is -2.31. The summed E-state index contributed by atoms with van der Waals surface area (Å²) in [6.45, 7) is 3.32. The predicted octanol–water partition coefficient (Wildman–Crippen LogP) is 5.03. The highest BCUT2D eigenvalue weighted by Gasteiger charge is 2.49. The third kappa shape index (κ3) is 5.79. The second kappa shape index (κ2) is 8.91. The molecule has 1 unspecified atom stereocenters. The van der Waals surface area contributed by atoms with Crippen molar-refractivity contribution in [3.05, 3.63) is 34.9 Å². The van der Waals surface area contributed by atoms with Crippen molar-refractivity contribution in [1.82, 2.24) is 5.32 Å². The van der Waals surface area contributed by atoms with E-state index in [1.807, 2.05) is 0 Å². The zero-order chi connectivity index (χ0) is 17.7. The molecule has 1 aromatic rings. The van der Waals surface area contributed by atoms with Crippen molar-refractivity contribution in [2.75, 3.05) is 13.2 Å². The monoisotopic (exact) mass is 421 g/mol. The van der Waals surface area contributed by atoms with Gasteiger partial charge in [0.25, 0.3) is 5.91 Å².